The number of hydrogen-bond acceptors (Lipinski definition) is 3. The van der Waals surface area contributed by atoms with Crippen LogP contribution < -0.4 is 10.6 Å². The lowest BCUT2D eigenvalue weighted by Gasteiger charge is -2.23. The van der Waals surface area contributed by atoms with Crippen LogP contribution in [-0.2, 0) is 4.79 Å². The van der Waals surface area contributed by atoms with Crippen LogP contribution in [0.2, 0.25) is 0 Å². The number of carbonyl (C=O) groups excluding carboxylic acids is 1. The number of piperidine rings is 1. The van der Waals surface area contributed by atoms with Crippen molar-refractivity contribution in [2.75, 3.05) is 18.4 Å². The van der Waals surface area contributed by atoms with Crippen molar-refractivity contribution in [1.29, 1.82) is 0 Å². The number of nitrogens with one attached hydrogen (secondary N) is 2. The second kappa shape index (κ2) is 5.93. The van der Waals surface area contributed by atoms with E-state index in [1.165, 1.54) is 0 Å². The van der Waals surface area contributed by atoms with Gasteiger partial charge >= 0.3 is 0 Å². The van der Waals surface area contributed by atoms with E-state index in [1.807, 2.05) is 0 Å². The van der Waals surface area contributed by atoms with E-state index in [4.69, 9.17) is 0 Å². The third kappa shape index (κ3) is 3.21. The predicted molar refractivity (Wildman–Crippen MR) is 79.6 cm³/mol. The summed E-state index contributed by atoms with van der Waals surface area (Å²) in [5.74, 6) is -2.48. The molecule has 1 aromatic carbocycles. The van der Waals surface area contributed by atoms with Crippen LogP contribution in [-0.4, -0.2) is 24.8 Å². The van der Waals surface area contributed by atoms with E-state index in [0.29, 0.717) is 22.3 Å². The number of alkyl halides is 2. The molecule has 1 aliphatic carbocycles. The van der Waals surface area contributed by atoms with E-state index in [1.54, 1.807) is 24.3 Å². The van der Waals surface area contributed by atoms with Gasteiger partial charge in [0.15, 0.2) is 0 Å². The molecule has 1 unspecified atom stereocenters. The second-order valence-electron chi connectivity index (χ2n) is 5.73. The van der Waals surface area contributed by atoms with Gasteiger partial charge in [-0.3, -0.25) is 4.79 Å². The smallest absolute Gasteiger partial charge is 0.288 e. The summed E-state index contributed by atoms with van der Waals surface area (Å²) in [6.07, 6.45) is 2.97. The van der Waals surface area contributed by atoms with Gasteiger partial charge in [0.05, 0.1) is 5.69 Å². The van der Waals surface area contributed by atoms with Gasteiger partial charge in [0, 0.05) is 10.8 Å². The lowest BCUT2D eigenvalue weighted by atomic mass is 9.92. The van der Waals surface area contributed by atoms with Crippen molar-refractivity contribution in [1.82, 2.24) is 5.32 Å². The highest BCUT2D eigenvalue weighted by Gasteiger charge is 2.57. The maximum Gasteiger partial charge on any atom is 0.288 e. The first-order valence-corrected chi connectivity index (χ1v) is 8.04. The average molecular weight is 312 g/mol. The summed E-state index contributed by atoms with van der Waals surface area (Å²) in [6, 6.07) is 6.74. The number of amides is 1. The molecule has 1 heterocycles. The van der Waals surface area contributed by atoms with Gasteiger partial charge in [0.2, 0.25) is 5.91 Å². The Labute approximate surface area is 126 Å². The van der Waals surface area contributed by atoms with Gasteiger partial charge in [0.25, 0.3) is 5.76 Å². The predicted octanol–water partition coefficient (Wildman–Crippen LogP) is 3.33. The molecule has 6 heteroatoms. The summed E-state index contributed by atoms with van der Waals surface area (Å²) in [5, 5.41) is 6.14. The zero-order valence-corrected chi connectivity index (χ0v) is 12.4. The van der Waals surface area contributed by atoms with Gasteiger partial charge < -0.3 is 10.6 Å². The number of hydrogen-bond donors (Lipinski definition) is 2. The molecule has 1 amide bonds. The summed E-state index contributed by atoms with van der Waals surface area (Å²) in [5.41, 5.74) is 0.643. The van der Waals surface area contributed by atoms with E-state index in [2.05, 4.69) is 10.6 Å². The molecule has 21 heavy (non-hydrogen) atoms. The Morgan fingerprint density at radius 2 is 2.05 bits per heavy atom. The fourth-order valence-corrected chi connectivity index (χ4v) is 3.78. The van der Waals surface area contributed by atoms with Gasteiger partial charge in [-0.2, -0.15) is 8.78 Å². The number of rotatable bonds is 4. The van der Waals surface area contributed by atoms with Crippen LogP contribution in [0.5, 0.6) is 0 Å². The molecule has 0 radical (unpaired) electrons. The summed E-state index contributed by atoms with van der Waals surface area (Å²) >= 11 is 0.468. The number of para-hydroxylation sites is 1. The van der Waals surface area contributed by atoms with E-state index >= 15 is 0 Å². The van der Waals surface area contributed by atoms with E-state index in [0.717, 1.165) is 32.4 Å². The van der Waals surface area contributed by atoms with Crippen LogP contribution in [0.15, 0.2) is 29.2 Å². The first-order valence-electron chi connectivity index (χ1n) is 7.16. The largest absolute Gasteiger partial charge is 0.325 e. The number of thioether (sulfide) groups is 1. The molecule has 114 valence electrons. The SMILES string of the molecule is O=C(Nc1ccccc1SC(F)F)C1CC12CCNCC2. The number of carbonyl (C=O) groups is 1. The normalized spacial score (nSPS) is 23.3. The molecule has 1 spiro atoms. The minimum Gasteiger partial charge on any atom is -0.325 e. The van der Waals surface area contributed by atoms with Gasteiger partial charge in [0.1, 0.15) is 0 Å². The van der Waals surface area contributed by atoms with Crippen molar-refractivity contribution in [2.45, 2.75) is 29.9 Å². The third-order valence-electron chi connectivity index (χ3n) is 4.47. The van der Waals surface area contributed by atoms with Gasteiger partial charge in [-0.1, -0.05) is 23.9 Å². The van der Waals surface area contributed by atoms with Gasteiger partial charge in [-0.25, -0.2) is 0 Å². The van der Waals surface area contributed by atoms with Crippen LogP contribution in [0.4, 0.5) is 14.5 Å². The molecule has 1 saturated heterocycles. The van der Waals surface area contributed by atoms with Crippen LogP contribution in [0.25, 0.3) is 0 Å². The topological polar surface area (TPSA) is 41.1 Å². The first-order chi connectivity index (χ1) is 10.1. The summed E-state index contributed by atoms with van der Waals surface area (Å²) in [7, 11) is 0. The Morgan fingerprint density at radius 3 is 2.76 bits per heavy atom. The fraction of sp³-hybridized carbons (Fsp3) is 0.533. The van der Waals surface area contributed by atoms with E-state index in [9.17, 15) is 13.6 Å². The van der Waals surface area contributed by atoms with Crippen molar-refractivity contribution in [3.05, 3.63) is 24.3 Å². The molecule has 1 saturated carbocycles. The lowest BCUT2D eigenvalue weighted by molar-refractivity contribution is -0.118. The van der Waals surface area contributed by atoms with Crippen molar-refractivity contribution >= 4 is 23.4 Å². The van der Waals surface area contributed by atoms with Crippen LogP contribution in [0.1, 0.15) is 19.3 Å². The van der Waals surface area contributed by atoms with Crippen LogP contribution >= 0.6 is 11.8 Å². The van der Waals surface area contributed by atoms with Crippen molar-refractivity contribution in [3.8, 4) is 0 Å². The van der Waals surface area contributed by atoms with E-state index in [-0.39, 0.29) is 17.2 Å². The Hall–Kier alpha value is -1.14. The first kappa shape index (κ1) is 14.8. The molecular formula is C15H18F2N2OS. The Balaban J connectivity index is 1.66. The molecule has 1 aromatic rings. The molecule has 1 aliphatic heterocycles. The molecule has 0 bridgehead atoms. The molecule has 1 atom stereocenters. The quantitative estimate of drug-likeness (QED) is 0.838. The minimum absolute atomic E-state index is 0.0285. The van der Waals surface area contributed by atoms with Gasteiger partial charge in [-0.05, 0) is 49.9 Å². The second-order valence-corrected chi connectivity index (χ2v) is 6.76. The third-order valence-corrected chi connectivity index (χ3v) is 5.25. The van der Waals surface area contributed by atoms with Crippen molar-refractivity contribution < 1.29 is 13.6 Å². The van der Waals surface area contributed by atoms with Crippen molar-refractivity contribution in [2.24, 2.45) is 11.3 Å². The number of halogens is 2. The standard InChI is InChI=1S/C15H18F2N2OS/c16-14(17)21-12-4-2-1-3-11(12)19-13(20)10-9-15(10)5-7-18-8-6-15/h1-4,10,14,18H,5-9H2,(H,19,20). The maximum atomic E-state index is 12.5. The Morgan fingerprint density at radius 1 is 1.33 bits per heavy atom. The highest BCUT2D eigenvalue weighted by atomic mass is 32.2. The molecule has 3 rings (SSSR count). The molecule has 2 N–H and O–H groups in total. The molecule has 2 fully saturated rings. The Bertz CT molecular complexity index is 532. The molecule has 3 nitrogen and oxygen atoms in total. The average Bonchev–Trinajstić information content (AvgIpc) is 3.15. The summed E-state index contributed by atoms with van der Waals surface area (Å²) < 4.78 is 25.1. The number of benzene rings is 1. The highest BCUT2D eigenvalue weighted by Crippen LogP contribution is 2.58. The number of anilines is 1. The molecule has 2 aliphatic rings. The van der Waals surface area contributed by atoms with Gasteiger partial charge in [-0.15, -0.1) is 0 Å². The maximum absolute atomic E-state index is 12.5. The molecule has 0 aromatic heterocycles. The van der Waals surface area contributed by atoms with Crippen molar-refractivity contribution in [3.63, 3.8) is 0 Å². The monoisotopic (exact) mass is 312 g/mol. The van der Waals surface area contributed by atoms with Crippen LogP contribution in [0, 0.1) is 11.3 Å². The zero-order valence-electron chi connectivity index (χ0n) is 11.6. The summed E-state index contributed by atoms with van der Waals surface area (Å²) in [6.45, 7) is 1.92. The fourth-order valence-electron chi connectivity index (χ4n) is 3.18. The van der Waals surface area contributed by atoms with E-state index < -0.39 is 5.76 Å². The minimum atomic E-state index is -2.49. The highest BCUT2D eigenvalue weighted by molar-refractivity contribution is 7.99. The molecular weight excluding hydrogens is 294 g/mol. The lowest BCUT2D eigenvalue weighted by Crippen LogP contribution is -2.31. The zero-order chi connectivity index (χ0) is 14.9. The summed E-state index contributed by atoms with van der Waals surface area (Å²) in [4.78, 5) is 12.8. The Kier molecular flexibility index (Phi) is 4.17. The van der Waals surface area contributed by atoms with Crippen LogP contribution in [0.3, 0.4) is 0 Å².